The number of hydrogen-bond acceptors (Lipinski definition) is 5. The van der Waals surface area contributed by atoms with E-state index in [0.29, 0.717) is 22.6 Å². The average Bonchev–Trinajstić information content (AvgIpc) is 2.99. The van der Waals surface area contributed by atoms with Crippen molar-refractivity contribution in [3.05, 3.63) is 42.4 Å². The number of carbonyl (C=O) groups is 1. The Hall–Kier alpha value is -3.09. The van der Waals surface area contributed by atoms with Crippen LogP contribution >= 0.6 is 0 Å². The van der Waals surface area contributed by atoms with Crippen molar-refractivity contribution in [3.63, 3.8) is 0 Å². The summed E-state index contributed by atoms with van der Waals surface area (Å²) in [5.74, 6) is 0.803. The highest BCUT2D eigenvalue weighted by atomic mass is 16.5. The van der Waals surface area contributed by atoms with Crippen LogP contribution < -0.4 is 14.8 Å². The number of H-pyrrole nitrogens is 1. The summed E-state index contributed by atoms with van der Waals surface area (Å²) < 4.78 is 10.4. The van der Waals surface area contributed by atoms with Crippen LogP contribution in [0.25, 0.3) is 10.9 Å². The maximum Gasteiger partial charge on any atom is 0.276 e. The van der Waals surface area contributed by atoms with Crippen LogP contribution in [0.1, 0.15) is 10.5 Å². The predicted octanol–water partition coefficient (Wildman–Crippen LogP) is 2.23. The molecule has 3 aromatic rings. The average molecular weight is 298 g/mol. The van der Waals surface area contributed by atoms with Crippen molar-refractivity contribution in [1.29, 1.82) is 0 Å². The van der Waals surface area contributed by atoms with Gasteiger partial charge < -0.3 is 14.8 Å². The van der Waals surface area contributed by atoms with Gasteiger partial charge in [-0.3, -0.25) is 14.9 Å². The number of methoxy groups -OCH3 is 2. The van der Waals surface area contributed by atoms with Crippen LogP contribution in [0.15, 0.2) is 36.7 Å². The molecule has 2 heterocycles. The van der Waals surface area contributed by atoms with Gasteiger partial charge in [-0.25, -0.2) is 0 Å². The minimum atomic E-state index is -0.345. The summed E-state index contributed by atoms with van der Waals surface area (Å²) in [6.45, 7) is 0. The maximum absolute atomic E-state index is 12.4. The number of nitrogens with zero attached hydrogens (tertiary/aromatic N) is 2. The molecule has 0 fully saturated rings. The summed E-state index contributed by atoms with van der Waals surface area (Å²) in [6, 6.07) is 6.90. The largest absolute Gasteiger partial charge is 0.497 e. The molecule has 7 heteroatoms. The molecule has 0 aliphatic rings. The standard InChI is InChI=1S/C15H14N4O3/c1-21-9-3-4-12(13(7-9)22-2)17-15(20)14-10-8-16-6-5-11(10)18-19-14/h3-8H,1-2H3,(H,17,20)(H,18,19). The van der Waals surface area contributed by atoms with Gasteiger partial charge in [0.1, 0.15) is 11.5 Å². The third-order valence-electron chi connectivity index (χ3n) is 3.24. The Morgan fingerprint density at radius 2 is 2.09 bits per heavy atom. The van der Waals surface area contributed by atoms with E-state index in [1.807, 2.05) is 0 Å². The van der Waals surface area contributed by atoms with E-state index in [9.17, 15) is 4.79 Å². The monoisotopic (exact) mass is 298 g/mol. The molecule has 0 spiro atoms. The first-order valence-corrected chi connectivity index (χ1v) is 6.54. The molecule has 0 bridgehead atoms. The highest BCUT2D eigenvalue weighted by Gasteiger charge is 2.16. The second kappa shape index (κ2) is 5.72. The summed E-state index contributed by atoms with van der Waals surface area (Å²) in [4.78, 5) is 16.4. The number of pyridine rings is 1. The maximum atomic E-state index is 12.4. The fraction of sp³-hybridized carbons (Fsp3) is 0.133. The van der Waals surface area contributed by atoms with Crippen molar-refractivity contribution in [1.82, 2.24) is 15.2 Å². The van der Waals surface area contributed by atoms with Gasteiger partial charge in [0.15, 0.2) is 5.69 Å². The normalized spacial score (nSPS) is 10.5. The third-order valence-corrected chi connectivity index (χ3v) is 3.24. The Kier molecular flexibility index (Phi) is 3.61. The van der Waals surface area contributed by atoms with Crippen LogP contribution in [0.5, 0.6) is 11.5 Å². The molecule has 22 heavy (non-hydrogen) atoms. The zero-order valence-electron chi connectivity index (χ0n) is 12.1. The molecule has 0 aliphatic heterocycles. The summed E-state index contributed by atoms with van der Waals surface area (Å²) in [5, 5.41) is 10.3. The minimum Gasteiger partial charge on any atom is -0.497 e. The van der Waals surface area contributed by atoms with Gasteiger partial charge in [-0.05, 0) is 18.2 Å². The molecule has 2 aromatic heterocycles. The Morgan fingerprint density at radius 3 is 2.86 bits per heavy atom. The van der Waals surface area contributed by atoms with Crippen LogP contribution in [0.4, 0.5) is 5.69 Å². The second-order valence-corrected chi connectivity index (χ2v) is 4.51. The molecule has 2 N–H and O–H groups in total. The van der Waals surface area contributed by atoms with E-state index in [4.69, 9.17) is 9.47 Å². The molecule has 0 aliphatic carbocycles. The molecule has 0 saturated carbocycles. The fourth-order valence-corrected chi connectivity index (χ4v) is 2.11. The number of carbonyl (C=O) groups excluding carboxylic acids is 1. The number of hydrogen-bond donors (Lipinski definition) is 2. The van der Waals surface area contributed by atoms with E-state index in [1.54, 1.807) is 43.8 Å². The first kappa shape index (κ1) is 13.9. The third kappa shape index (κ3) is 2.44. The lowest BCUT2D eigenvalue weighted by atomic mass is 10.2. The van der Waals surface area contributed by atoms with E-state index in [0.717, 1.165) is 5.52 Å². The molecule has 3 rings (SSSR count). The molecule has 7 nitrogen and oxygen atoms in total. The number of benzene rings is 1. The zero-order valence-corrected chi connectivity index (χ0v) is 12.1. The Balaban J connectivity index is 1.91. The lowest BCUT2D eigenvalue weighted by molar-refractivity contribution is 0.102. The first-order chi connectivity index (χ1) is 10.7. The molecule has 0 atom stereocenters. The molecular weight excluding hydrogens is 284 g/mol. The van der Waals surface area contributed by atoms with Gasteiger partial charge in [0.25, 0.3) is 5.91 Å². The minimum absolute atomic E-state index is 0.279. The van der Waals surface area contributed by atoms with Gasteiger partial charge in [-0.2, -0.15) is 5.10 Å². The van der Waals surface area contributed by atoms with Gasteiger partial charge >= 0.3 is 0 Å². The van der Waals surface area contributed by atoms with Crippen LogP contribution in [-0.4, -0.2) is 35.3 Å². The van der Waals surface area contributed by atoms with Crippen molar-refractivity contribution in [2.24, 2.45) is 0 Å². The van der Waals surface area contributed by atoms with Gasteiger partial charge in [0.05, 0.1) is 30.8 Å². The number of rotatable bonds is 4. The number of fused-ring (bicyclic) bond motifs is 1. The lowest BCUT2D eigenvalue weighted by Crippen LogP contribution is -2.13. The van der Waals surface area contributed by atoms with Crippen molar-refractivity contribution in [2.75, 3.05) is 19.5 Å². The second-order valence-electron chi connectivity index (χ2n) is 4.51. The van der Waals surface area contributed by atoms with Gasteiger partial charge in [-0.15, -0.1) is 0 Å². The Labute approximate surface area is 126 Å². The summed E-state index contributed by atoms with van der Waals surface area (Å²) >= 11 is 0. The van der Waals surface area contributed by atoms with E-state index >= 15 is 0 Å². The van der Waals surface area contributed by atoms with Crippen molar-refractivity contribution in [2.45, 2.75) is 0 Å². The zero-order chi connectivity index (χ0) is 15.5. The Morgan fingerprint density at radius 1 is 1.23 bits per heavy atom. The summed E-state index contributed by atoms with van der Waals surface area (Å²) in [5.41, 5.74) is 1.57. The summed E-state index contributed by atoms with van der Waals surface area (Å²) in [6.07, 6.45) is 3.23. The highest BCUT2D eigenvalue weighted by Crippen LogP contribution is 2.29. The van der Waals surface area contributed by atoms with Crippen LogP contribution in [0.3, 0.4) is 0 Å². The van der Waals surface area contributed by atoms with Crippen LogP contribution in [0.2, 0.25) is 0 Å². The highest BCUT2D eigenvalue weighted by molar-refractivity contribution is 6.11. The smallest absolute Gasteiger partial charge is 0.276 e. The van der Waals surface area contributed by atoms with Crippen LogP contribution in [-0.2, 0) is 0 Å². The lowest BCUT2D eigenvalue weighted by Gasteiger charge is -2.10. The number of aromatic nitrogens is 3. The predicted molar refractivity (Wildman–Crippen MR) is 81.4 cm³/mol. The van der Waals surface area contributed by atoms with Crippen molar-refractivity contribution < 1.29 is 14.3 Å². The van der Waals surface area contributed by atoms with E-state index in [1.165, 1.54) is 7.11 Å². The fourth-order valence-electron chi connectivity index (χ4n) is 2.11. The molecule has 0 unspecified atom stereocenters. The molecule has 1 aromatic carbocycles. The summed E-state index contributed by atoms with van der Waals surface area (Å²) in [7, 11) is 3.09. The number of anilines is 1. The van der Waals surface area contributed by atoms with E-state index in [2.05, 4.69) is 20.5 Å². The quantitative estimate of drug-likeness (QED) is 0.771. The first-order valence-electron chi connectivity index (χ1n) is 6.54. The number of ether oxygens (including phenoxy) is 2. The number of amides is 1. The molecule has 0 radical (unpaired) electrons. The molecular formula is C15H14N4O3. The topological polar surface area (TPSA) is 89.1 Å². The SMILES string of the molecule is COc1ccc(NC(=O)c2n[nH]c3ccncc23)c(OC)c1. The van der Waals surface area contributed by atoms with Gasteiger partial charge in [0.2, 0.25) is 0 Å². The van der Waals surface area contributed by atoms with Crippen molar-refractivity contribution in [3.8, 4) is 11.5 Å². The van der Waals surface area contributed by atoms with E-state index < -0.39 is 0 Å². The number of nitrogens with one attached hydrogen (secondary N) is 2. The van der Waals surface area contributed by atoms with Gasteiger partial charge in [0, 0.05) is 18.5 Å². The molecule has 112 valence electrons. The van der Waals surface area contributed by atoms with Crippen LogP contribution in [0, 0.1) is 0 Å². The molecule has 0 saturated heterocycles. The Bertz CT molecular complexity index is 829. The van der Waals surface area contributed by atoms with Gasteiger partial charge in [-0.1, -0.05) is 0 Å². The number of aromatic amines is 1. The van der Waals surface area contributed by atoms with E-state index in [-0.39, 0.29) is 11.6 Å². The molecule has 1 amide bonds. The van der Waals surface area contributed by atoms with Crippen molar-refractivity contribution >= 4 is 22.5 Å².